The van der Waals surface area contributed by atoms with Gasteiger partial charge >= 0.3 is 0 Å². The minimum absolute atomic E-state index is 0.0548. The molecule has 0 aliphatic carbocycles. The molecular formula is C26H21N3O3S. The second kappa shape index (κ2) is 8.18. The van der Waals surface area contributed by atoms with E-state index >= 15 is 0 Å². The minimum atomic E-state index is -0.352. The van der Waals surface area contributed by atoms with E-state index in [1.165, 1.54) is 11.3 Å². The largest absolute Gasteiger partial charge is 0.349 e. The summed E-state index contributed by atoms with van der Waals surface area (Å²) in [6.07, 6.45) is -0.339. The fourth-order valence-corrected chi connectivity index (χ4v) is 5.42. The summed E-state index contributed by atoms with van der Waals surface area (Å²) in [7, 11) is 1.99. The van der Waals surface area contributed by atoms with Crippen molar-refractivity contribution in [3.63, 3.8) is 0 Å². The standard InChI is InChI=1S/C26H21N3O3S/c1-17-12-13-18(16-22(17)29(31)32)23-14-15-24(33-23)25-27(2)21-11-7-6-10-20(21)26(30)28(25)19-8-4-3-5-9-19/h3-16,25H,1-2H3. The Hall–Kier alpha value is -3.97. The Balaban J connectivity index is 1.62. The van der Waals surface area contributed by atoms with Crippen molar-refractivity contribution >= 4 is 34.3 Å². The molecule has 4 aromatic rings. The maximum absolute atomic E-state index is 13.6. The lowest BCUT2D eigenvalue weighted by molar-refractivity contribution is -0.385. The maximum Gasteiger partial charge on any atom is 0.272 e. The topological polar surface area (TPSA) is 66.7 Å². The Morgan fingerprint density at radius 3 is 2.42 bits per heavy atom. The van der Waals surface area contributed by atoms with Crippen LogP contribution >= 0.6 is 11.3 Å². The van der Waals surface area contributed by atoms with Gasteiger partial charge in [0.25, 0.3) is 11.6 Å². The van der Waals surface area contributed by atoms with E-state index in [0.717, 1.165) is 26.7 Å². The number of thiophene rings is 1. The van der Waals surface area contributed by atoms with Gasteiger partial charge in [0, 0.05) is 34.1 Å². The van der Waals surface area contributed by atoms with Crippen LogP contribution < -0.4 is 9.80 Å². The quantitative estimate of drug-likeness (QED) is 0.263. The number of nitro benzene ring substituents is 1. The van der Waals surface area contributed by atoms with Gasteiger partial charge < -0.3 is 4.90 Å². The first-order valence-corrected chi connectivity index (χ1v) is 11.3. The fourth-order valence-electron chi connectivity index (χ4n) is 4.28. The Kier molecular flexibility index (Phi) is 5.18. The Morgan fingerprint density at radius 1 is 0.939 bits per heavy atom. The summed E-state index contributed by atoms with van der Waals surface area (Å²) in [5.74, 6) is -0.0548. The zero-order valence-electron chi connectivity index (χ0n) is 18.1. The van der Waals surface area contributed by atoms with Crippen LogP contribution in [0.5, 0.6) is 0 Å². The third-order valence-electron chi connectivity index (χ3n) is 5.95. The zero-order chi connectivity index (χ0) is 23.1. The van der Waals surface area contributed by atoms with Crippen LogP contribution in [0.1, 0.15) is 27.0 Å². The highest BCUT2D eigenvalue weighted by molar-refractivity contribution is 7.15. The molecule has 164 valence electrons. The molecule has 1 unspecified atom stereocenters. The van der Waals surface area contributed by atoms with E-state index in [-0.39, 0.29) is 22.7 Å². The van der Waals surface area contributed by atoms with Crippen molar-refractivity contribution in [2.24, 2.45) is 0 Å². The lowest BCUT2D eigenvalue weighted by Crippen LogP contribution is -2.47. The second-order valence-electron chi connectivity index (χ2n) is 7.97. The van der Waals surface area contributed by atoms with E-state index in [4.69, 9.17) is 0 Å². The molecule has 0 spiro atoms. The highest BCUT2D eigenvalue weighted by atomic mass is 32.1. The molecule has 1 amide bonds. The molecule has 1 aromatic heterocycles. The van der Waals surface area contributed by atoms with Crippen molar-refractivity contribution in [2.45, 2.75) is 13.1 Å². The third-order valence-corrected chi connectivity index (χ3v) is 7.12. The number of carbonyl (C=O) groups excluding carboxylic acids is 1. The summed E-state index contributed by atoms with van der Waals surface area (Å²) in [4.78, 5) is 30.5. The molecular weight excluding hydrogens is 434 g/mol. The highest BCUT2D eigenvalue weighted by Gasteiger charge is 2.38. The second-order valence-corrected chi connectivity index (χ2v) is 9.09. The highest BCUT2D eigenvalue weighted by Crippen LogP contribution is 2.44. The molecule has 3 aromatic carbocycles. The number of benzene rings is 3. The zero-order valence-corrected chi connectivity index (χ0v) is 19.0. The first-order chi connectivity index (χ1) is 16.0. The molecule has 0 saturated heterocycles. The van der Waals surface area contributed by atoms with Gasteiger partial charge in [-0.1, -0.05) is 42.5 Å². The van der Waals surface area contributed by atoms with Crippen molar-refractivity contribution < 1.29 is 9.72 Å². The lowest BCUT2D eigenvalue weighted by atomic mass is 10.0. The van der Waals surface area contributed by atoms with Gasteiger partial charge in [-0.2, -0.15) is 0 Å². The number of amides is 1. The Morgan fingerprint density at radius 2 is 1.67 bits per heavy atom. The summed E-state index contributed by atoms with van der Waals surface area (Å²) in [5.41, 5.74) is 3.87. The van der Waals surface area contributed by atoms with Gasteiger partial charge in [-0.25, -0.2) is 0 Å². The first kappa shape index (κ1) is 20.9. The van der Waals surface area contributed by atoms with Crippen LogP contribution in [0.3, 0.4) is 0 Å². The lowest BCUT2D eigenvalue weighted by Gasteiger charge is -2.43. The molecule has 0 fully saturated rings. The molecule has 5 rings (SSSR count). The predicted octanol–water partition coefficient (Wildman–Crippen LogP) is 6.43. The maximum atomic E-state index is 13.6. The summed E-state index contributed by atoms with van der Waals surface area (Å²) in [6.45, 7) is 1.74. The van der Waals surface area contributed by atoms with Crippen LogP contribution in [0.4, 0.5) is 17.1 Å². The van der Waals surface area contributed by atoms with E-state index in [1.807, 2.05) is 84.7 Å². The van der Waals surface area contributed by atoms with Crippen LogP contribution in [0.25, 0.3) is 10.4 Å². The predicted molar refractivity (Wildman–Crippen MR) is 132 cm³/mol. The number of nitrogens with zero attached hydrogens (tertiary/aromatic N) is 3. The SMILES string of the molecule is Cc1ccc(-c2ccc(C3N(C)c4ccccc4C(=O)N3c3ccccc3)s2)cc1[N+](=O)[O-]. The van der Waals surface area contributed by atoms with Crippen molar-refractivity contribution in [3.05, 3.63) is 111 Å². The van der Waals surface area contributed by atoms with Crippen LogP contribution in [0.15, 0.2) is 84.9 Å². The average Bonchev–Trinajstić information content (AvgIpc) is 3.31. The van der Waals surface area contributed by atoms with Crippen molar-refractivity contribution in [1.29, 1.82) is 0 Å². The van der Waals surface area contributed by atoms with Gasteiger partial charge in [-0.3, -0.25) is 19.8 Å². The molecule has 1 aliphatic heterocycles. The van der Waals surface area contributed by atoms with Gasteiger partial charge in [0.15, 0.2) is 0 Å². The Bertz CT molecular complexity index is 1370. The molecule has 0 saturated carbocycles. The molecule has 33 heavy (non-hydrogen) atoms. The van der Waals surface area contributed by atoms with Crippen LogP contribution in [0, 0.1) is 17.0 Å². The molecule has 0 bridgehead atoms. The molecule has 6 nitrogen and oxygen atoms in total. The summed E-state index contributed by atoms with van der Waals surface area (Å²) >= 11 is 1.54. The number of anilines is 2. The monoisotopic (exact) mass is 455 g/mol. The molecule has 1 aliphatic rings. The number of carbonyl (C=O) groups is 1. The van der Waals surface area contributed by atoms with E-state index in [0.29, 0.717) is 11.1 Å². The van der Waals surface area contributed by atoms with Crippen molar-refractivity contribution in [1.82, 2.24) is 0 Å². The molecule has 2 heterocycles. The van der Waals surface area contributed by atoms with Gasteiger partial charge in [0.05, 0.1) is 16.2 Å². The average molecular weight is 456 g/mol. The first-order valence-electron chi connectivity index (χ1n) is 10.5. The fraction of sp³-hybridized carbons (Fsp3) is 0.115. The number of nitro groups is 1. The van der Waals surface area contributed by atoms with Gasteiger partial charge in [0.1, 0.15) is 6.17 Å². The summed E-state index contributed by atoms with van der Waals surface area (Å²) in [6, 6.07) is 26.5. The van der Waals surface area contributed by atoms with Crippen LogP contribution in [-0.4, -0.2) is 17.9 Å². The van der Waals surface area contributed by atoms with Gasteiger partial charge in [-0.15, -0.1) is 11.3 Å². The molecule has 1 atom stereocenters. The van der Waals surface area contributed by atoms with E-state index in [1.54, 1.807) is 19.1 Å². The molecule has 0 N–H and O–H groups in total. The summed E-state index contributed by atoms with van der Waals surface area (Å²) < 4.78 is 0. The van der Waals surface area contributed by atoms with Crippen molar-refractivity contribution in [3.8, 4) is 10.4 Å². The number of rotatable bonds is 4. The van der Waals surface area contributed by atoms with Crippen LogP contribution in [-0.2, 0) is 0 Å². The van der Waals surface area contributed by atoms with E-state index < -0.39 is 0 Å². The normalized spacial score (nSPS) is 15.5. The summed E-state index contributed by atoms with van der Waals surface area (Å²) in [5, 5.41) is 11.4. The van der Waals surface area contributed by atoms with E-state index in [2.05, 4.69) is 4.90 Å². The Labute approximate surface area is 195 Å². The minimum Gasteiger partial charge on any atom is -0.349 e. The van der Waals surface area contributed by atoms with Crippen LogP contribution in [0.2, 0.25) is 0 Å². The van der Waals surface area contributed by atoms with E-state index in [9.17, 15) is 14.9 Å². The van der Waals surface area contributed by atoms with Crippen molar-refractivity contribution in [2.75, 3.05) is 16.8 Å². The van der Waals surface area contributed by atoms with Gasteiger partial charge in [-0.05, 0) is 48.9 Å². The molecule has 0 radical (unpaired) electrons. The number of hydrogen-bond acceptors (Lipinski definition) is 5. The molecule has 7 heteroatoms. The smallest absolute Gasteiger partial charge is 0.272 e. The third kappa shape index (κ3) is 3.56. The number of para-hydroxylation sites is 2. The number of fused-ring (bicyclic) bond motifs is 1. The number of aryl methyl sites for hydroxylation is 1. The number of hydrogen-bond donors (Lipinski definition) is 0. The van der Waals surface area contributed by atoms with Gasteiger partial charge in [0.2, 0.25) is 0 Å².